The summed E-state index contributed by atoms with van der Waals surface area (Å²) in [6, 6.07) is 19.7. The summed E-state index contributed by atoms with van der Waals surface area (Å²) in [4.78, 5) is 0. The maximum Gasteiger partial charge on any atom is -0.00136 e. The summed E-state index contributed by atoms with van der Waals surface area (Å²) >= 11 is 0. The molecule has 20 heavy (non-hydrogen) atoms. The van der Waals surface area contributed by atoms with Crippen molar-refractivity contribution in [2.24, 2.45) is 0 Å². The molecule has 0 radical (unpaired) electrons. The van der Waals surface area contributed by atoms with Gasteiger partial charge in [-0.2, -0.15) is 0 Å². The second-order valence-electron chi connectivity index (χ2n) is 5.52. The molecule has 1 aliphatic rings. The van der Waals surface area contributed by atoms with Gasteiger partial charge in [-0.05, 0) is 51.9 Å². The maximum atomic E-state index is 2.35. The van der Waals surface area contributed by atoms with Crippen LogP contribution < -0.4 is 0 Å². The molecule has 3 aromatic rings. The maximum absolute atomic E-state index is 2.35. The van der Waals surface area contributed by atoms with Crippen LogP contribution in [0.2, 0.25) is 0 Å². The van der Waals surface area contributed by atoms with Crippen molar-refractivity contribution in [2.45, 2.75) is 13.3 Å². The first-order chi connectivity index (χ1) is 9.83. The normalized spacial score (nSPS) is 12.8. The summed E-state index contributed by atoms with van der Waals surface area (Å²) < 4.78 is 0. The van der Waals surface area contributed by atoms with Crippen molar-refractivity contribution in [1.82, 2.24) is 0 Å². The third-order valence-electron chi connectivity index (χ3n) is 4.24. The SMILES string of the molecule is Cc1cc2c(c3ccccc13)C=Cc1ccccc1C2. The molecule has 0 fully saturated rings. The lowest BCUT2D eigenvalue weighted by Gasteiger charge is -2.12. The molecule has 0 amide bonds. The van der Waals surface area contributed by atoms with Crippen molar-refractivity contribution in [3.63, 3.8) is 0 Å². The van der Waals surface area contributed by atoms with Crippen molar-refractivity contribution in [3.05, 3.63) is 82.4 Å². The van der Waals surface area contributed by atoms with Gasteiger partial charge in [0.15, 0.2) is 0 Å². The third-order valence-corrected chi connectivity index (χ3v) is 4.24. The predicted octanol–water partition coefficient (Wildman–Crippen LogP) is 5.22. The summed E-state index contributed by atoms with van der Waals surface area (Å²) in [7, 11) is 0. The highest BCUT2D eigenvalue weighted by Crippen LogP contribution is 2.32. The zero-order valence-corrected chi connectivity index (χ0v) is 11.6. The molecule has 0 nitrogen and oxygen atoms in total. The lowest BCUT2D eigenvalue weighted by molar-refractivity contribution is 1.18. The van der Waals surface area contributed by atoms with Crippen LogP contribution >= 0.6 is 0 Å². The molecule has 0 saturated carbocycles. The Bertz CT molecular complexity index is 838. The van der Waals surface area contributed by atoms with Crippen LogP contribution in [0.15, 0.2) is 54.6 Å². The van der Waals surface area contributed by atoms with Gasteiger partial charge in [0, 0.05) is 0 Å². The molecule has 4 rings (SSSR count). The van der Waals surface area contributed by atoms with Gasteiger partial charge >= 0.3 is 0 Å². The molecule has 0 spiro atoms. The summed E-state index contributed by atoms with van der Waals surface area (Å²) in [6.07, 6.45) is 5.55. The summed E-state index contributed by atoms with van der Waals surface area (Å²) in [5.74, 6) is 0. The standard InChI is InChI=1S/C20H16/c1-14-12-17-13-16-7-3-2-6-15(16)10-11-19(17)20-9-5-4-8-18(14)20/h2-12H,13H2,1H3. The van der Waals surface area contributed by atoms with E-state index in [1.54, 1.807) is 0 Å². The van der Waals surface area contributed by atoms with Crippen molar-refractivity contribution >= 4 is 22.9 Å². The Morgan fingerprint density at radius 2 is 1.50 bits per heavy atom. The van der Waals surface area contributed by atoms with Crippen molar-refractivity contribution in [3.8, 4) is 0 Å². The van der Waals surface area contributed by atoms with Crippen LogP contribution in [0.4, 0.5) is 0 Å². The predicted molar refractivity (Wildman–Crippen MR) is 86.9 cm³/mol. The molecule has 96 valence electrons. The summed E-state index contributed by atoms with van der Waals surface area (Å²) in [5, 5.41) is 2.73. The van der Waals surface area contributed by atoms with E-state index >= 15 is 0 Å². The fraction of sp³-hybridized carbons (Fsp3) is 0.100. The van der Waals surface area contributed by atoms with Gasteiger partial charge in [-0.15, -0.1) is 0 Å². The van der Waals surface area contributed by atoms with Crippen LogP contribution in [0.25, 0.3) is 22.9 Å². The highest BCUT2D eigenvalue weighted by molar-refractivity contribution is 5.97. The average Bonchev–Trinajstić information content (AvgIpc) is 2.66. The monoisotopic (exact) mass is 256 g/mol. The summed E-state index contributed by atoms with van der Waals surface area (Å²) in [5.41, 5.74) is 6.93. The fourth-order valence-corrected chi connectivity index (χ4v) is 3.23. The first-order valence-electron chi connectivity index (χ1n) is 7.10. The quantitative estimate of drug-likeness (QED) is 0.404. The number of benzene rings is 3. The second kappa shape index (κ2) is 4.35. The first-order valence-corrected chi connectivity index (χ1v) is 7.10. The van der Waals surface area contributed by atoms with Crippen LogP contribution in [-0.2, 0) is 6.42 Å². The van der Waals surface area contributed by atoms with Gasteiger partial charge in [0.2, 0.25) is 0 Å². The Hall–Kier alpha value is -2.34. The molecule has 0 unspecified atom stereocenters. The van der Waals surface area contributed by atoms with Gasteiger partial charge in [0.25, 0.3) is 0 Å². The fourth-order valence-electron chi connectivity index (χ4n) is 3.23. The molecule has 0 aliphatic heterocycles. The number of rotatable bonds is 0. The number of aryl methyl sites for hydroxylation is 1. The van der Waals surface area contributed by atoms with E-state index in [9.17, 15) is 0 Å². The van der Waals surface area contributed by atoms with E-state index in [2.05, 4.69) is 73.7 Å². The lowest BCUT2D eigenvalue weighted by atomic mass is 9.92. The van der Waals surface area contributed by atoms with Gasteiger partial charge in [-0.25, -0.2) is 0 Å². The van der Waals surface area contributed by atoms with Gasteiger partial charge in [-0.1, -0.05) is 66.7 Å². The van der Waals surface area contributed by atoms with Crippen molar-refractivity contribution < 1.29 is 0 Å². The average molecular weight is 256 g/mol. The molecule has 0 bridgehead atoms. The van der Waals surface area contributed by atoms with Gasteiger partial charge in [0.1, 0.15) is 0 Å². The van der Waals surface area contributed by atoms with Gasteiger partial charge in [-0.3, -0.25) is 0 Å². The van der Waals surface area contributed by atoms with Crippen LogP contribution in [0.5, 0.6) is 0 Å². The minimum absolute atomic E-state index is 1.02. The molecular formula is C20H16. The van der Waals surface area contributed by atoms with E-state index in [-0.39, 0.29) is 0 Å². The van der Waals surface area contributed by atoms with Crippen LogP contribution in [0, 0.1) is 6.92 Å². The molecule has 0 N–H and O–H groups in total. The Balaban J connectivity index is 2.05. The minimum Gasteiger partial charge on any atom is -0.0619 e. The zero-order valence-electron chi connectivity index (χ0n) is 11.6. The molecular weight excluding hydrogens is 240 g/mol. The van der Waals surface area contributed by atoms with E-state index in [4.69, 9.17) is 0 Å². The van der Waals surface area contributed by atoms with Crippen LogP contribution in [0.1, 0.15) is 27.8 Å². The van der Waals surface area contributed by atoms with E-state index in [1.165, 1.54) is 38.6 Å². The van der Waals surface area contributed by atoms with E-state index < -0.39 is 0 Å². The Labute approximate surface area is 119 Å². The van der Waals surface area contributed by atoms with Gasteiger partial charge < -0.3 is 0 Å². The largest absolute Gasteiger partial charge is 0.0619 e. The lowest BCUT2D eigenvalue weighted by Crippen LogP contribution is -1.94. The minimum atomic E-state index is 1.02. The number of hydrogen-bond donors (Lipinski definition) is 0. The zero-order chi connectivity index (χ0) is 13.5. The van der Waals surface area contributed by atoms with Gasteiger partial charge in [0.05, 0.1) is 0 Å². The Morgan fingerprint density at radius 1 is 0.750 bits per heavy atom. The van der Waals surface area contributed by atoms with Crippen molar-refractivity contribution in [2.75, 3.05) is 0 Å². The highest BCUT2D eigenvalue weighted by atomic mass is 14.2. The second-order valence-corrected chi connectivity index (χ2v) is 5.52. The molecule has 0 atom stereocenters. The topological polar surface area (TPSA) is 0 Å². The first kappa shape index (κ1) is 11.5. The highest BCUT2D eigenvalue weighted by Gasteiger charge is 2.12. The molecule has 0 saturated heterocycles. The number of fused-ring (bicyclic) bond motifs is 4. The smallest absolute Gasteiger partial charge is 0.00136 e. The molecule has 0 aromatic heterocycles. The van der Waals surface area contributed by atoms with Crippen molar-refractivity contribution in [1.29, 1.82) is 0 Å². The molecule has 0 heteroatoms. The Morgan fingerprint density at radius 3 is 2.40 bits per heavy atom. The van der Waals surface area contributed by atoms with E-state index in [0.717, 1.165) is 6.42 Å². The molecule has 0 heterocycles. The molecule has 1 aliphatic carbocycles. The third kappa shape index (κ3) is 1.69. The van der Waals surface area contributed by atoms with Crippen LogP contribution in [-0.4, -0.2) is 0 Å². The molecule has 3 aromatic carbocycles. The van der Waals surface area contributed by atoms with Crippen LogP contribution in [0.3, 0.4) is 0 Å². The Kier molecular flexibility index (Phi) is 2.50. The van der Waals surface area contributed by atoms with E-state index in [0.29, 0.717) is 0 Å². The number of hydrogen-bond acceptors (Lipinski definition) is 0. The summed E-state index contributed by atoms with van der Waals surface area (Å²) in [6.45, 7) is 2.21. The van der Waals surface area contributed by atoms with E-state index in [1.807, 2.05) is 0 Å².